The summed E-state index contributed by atoms with van der Waals surface area (Å²) in [4.78, 5) is 20.1. The van der Waals surface area contributed by atoms with Gasteiger partial charge in [-0.25, -0.2) is 9.98 Å². The van der Waals surface area contributed by atoms with E-state index in [9.17, 15) is 0 Å². The zero-order valence-electron chi connectivity index (χ0n) is 34.7. The molecule has 6 aromatic rings. The van der Waals surface area contributed by atoms with Crippen LogP contribution in [0.25, 0.3) is 0 Å². The number of benzene rings is 6. The summed E-state index contributed by atoms with van der Waals surface area (Å²) in [5.41, 5.74) is 7.92. The molecule has 1 aliphatic rings. The Hall–Kier alpha value is -5.78. The molecule has 6 aromatic carbocycles. The first-order chi connectivity index (χ1) is 29.5. The first kappa shape index (κ1) is 42.3. The summed E-state index contributed by atoms with van der Waals surface area (Å²) in [6.07, 6.45) is 0. The summed E-state index contributed by atoms with van der Waals surface area (Å²) in [5.74, 6) is 3.03. The summed E-state index contributed by atoms with van der Waals surface area (Å²) in [5, 5.41) is 1.57. The van der Waals surface area contributed by atoms with Crippen molar-refractivity contribution in [3.8, 4) is 0 Å². The van der Waals surface area contributed by atoms with Crippen molar-refractivity contribution in [3.63, 3.8) is 0 Å². The number of amidine groups is 2. The Morgan fingerprint density at radius 1 is 0.433 bits per heavy atom. The van der Waals surface area contributed by atoms with Crippen molar-refractivity contribution in [2.24, 2.45) is 9.98 Å². The maximum absolute atomic E-state index is 6.15. The molecule has 0 radical (unpaired) electrons. The number of ether oxygens (including phenoxy) is 2. The van der Waals surface area contributed by atoms with Crippen LogP contribution in [0.5, 0.6) is 0 Å². The Kier molecular flexibility index (Phi) is 15.2. The van der Waals surface area contributed by atoms with Crippen LogP contribution in [-0.4, -0.2) is 62.4 Å². The standard InChI is InChI=1S/C50H52N6O2S2/c1-39-25-29-45(30-26-39)55-47(53(3)43-21-13-7-14-22-43)48(54(4)44-23-15-8-16-24-44)56(46-31-27-40(2)28-32-46)50(52-42-19-11-6-12-20-42)60-38-36-58-34-33-57-35-37-59-49(55)51-41-17-9-5-10-18-41/h5-32H,33-38H2,1-4H3/b48-47-,51-49?,52-50?. The van der Waals surface area contributed by atoms with Crippen LogP contribution < -0.4 is 19.6 Å². The fraction of sp³-hybridized carbons (Fsp3) is 0.200. The van der Waals surface area contributed by atoms with Gasteiger partial charge in [0, 0.05) is 48.4 Å². The predicted molar refractivity (Wildman–Crippen MR) is 258 cm³/mol. The molecule has 60 heavy (non-hydrogen) atoms. The highest BCUT2D eigenvalue weighted by Gasteiger charge is 2.35. The van der Waals surface area contributed by atoms with Crippen LogP contribution >= 0.6 is 23.5 Å². The Labute approximate surface area is 363 Å². The molecule has 8 nitrogen and oxygen atoms in total. The number of anilines is 4. The maximum atomic E-state index is 6.15. The lowest BCUT2D eigenvalue weighted by molar-refractivity contribution is 0.0606. The molecule has 7 rings (SSSR count). The van der Waals surface area contributed by atoms with Crippen molar-refractivity contribution in [2.75, 3.05) is 71.6 Å². The average molecular weight is 833 g/mol. The second-order valence-corrected chi connectivity index (χ2v) is 16.3. The highest BCUT2D eigenvalue weighted by atomic mass is 32.2. The van der Waals surface area contributed by atoms with Gasteiger partial charge >= 0.3 is 0 Å². The van der Waals surface area contributed by atoms with Crippen molar-refractivity contribution in [2.45, 2.75) is 13.8 Å². The molecule has 0 bridgehead atoms. The zero-order chi connectivity index (χ0) is 41.5. The molecule has 0 saturated heterocycles. The van der Waals surface area contributed by atoms with Crippen LogP contribution in [0.15, 0.2) is 191 Å². The van der Waals surface area contributed by atoms with Gasteiger partial charge in [0.15, 0.2) is 22.0 Å². The quantitative estimate of drug-likeness (QED) is 0.150. The normalized spacial score (nSPS) is 17.5. The summed E-state index contributed by atoms with van der Waals surface area (Å²) in [6, 6.07) is 58.8. The van der Waals surface area contributed by atoms with Gasteiger partial charge in [-0.2, -0.15) is 0 Å². The third-order valence-corrected chi connectivity index (χ3v) is 11.6. The summed E-state index contributed by atoms with van der Waals surface area (Å²) >= 11 is 3.33. The SMILES string of the molecule is Cc1ccc(N2C(=Nc3ccccc3)SCCOCCOCCSC(=Nc3ccccc3)N(c3ccc(C)cc3)/C(N(C)c3ccccc3)=C\2N(C)c2ccccc2)cc1. The number of nitrogens with zero attached hydrogens (tertiary/aromatic N) is 6. The van der Waals surface area contributed by atoms with Gasteiger partial charge in [0.1, 0.15) is 0 Å². The maximum Gasteiger partial charge on any atom is 0.174 e. The first-order valence-corrected chi connectivity index (χ1v) is 22.2. The molecular formula is C50H52N6O2S2. The van der Waals surface area contributed by atoms with Gasteiger partial charge in [-0.15, -0.1) is 0 Å². The van der Waals surface area contributed by atoms with Gasteiger partial charge in [-0.1, -0.05) is 132 Å². The monoisotopic (exact) mass is 832 g/mol. The lowest BCUT2D eigenvalue weighted by atomic mass is 10.2. The largest absolute Gasteiger partial charge is 0.378 e. The van der Waals surface area contributed by atoms with E-state index in [1.165, 1.54) is 0 Å². The number of rotatable bonds is 8. The van der Waals surface area contributed by atoms with Crippen molar-refractivity contribution in [1.82, 2.24) is 0 Å². The molecule has 1 heterocycles. The van der Waals surface area contributed by atoms with Gasteiger partial charge in [-0.3, -0.25) is 9.80 Å². The topological polar surface area (TPSA) is 56.1 Å². The Morgan fingerprint density at radius 3 is 1.12 bits per heavy atom. The van der Waals surface area contributed by atoms with Crippen LogP contribution in [0.1, 0.15) is 11.1 Å². The van der Waals surface area contributed by atoms with Gasteiger partial charge in [0.2, 0.25) is 0 Å². The van der Waals surface area contributed by atoms with Gasteiger partial charge < -0.3 is 19.3 Å². The fourth-order valence-corrected chi connectivity index (χ4v) is 8.36. The number of aliphatic imine (C=N–C) groups is 2. The molecule has 0 N–H and O–H groups in total. The number of para-hydroxylation sites is 4. The molecule has 0 unspecified atom stereocenters. The van der Waals surface area contributed by atoms with E-state index >= 15 is 0 Å². The highest BCUT2D eigenvalue weighted by Crippen LogP contribution is 2.38. The van der Waals surface area contributed by atoms with E-state index in [-0.39, 0.29) is 0 Å². The van der Waals surface area contributed by atoms with Crippen molar-refractivity contribution >= 4 is 68.0 Å². The van der Waals surface area contributed by atoms with E-state index in [2.05, 4.69) is 181 Å². The molecule has 0 saturated carbocycles. The molecule has 0 atom stereocenters. The van der Waals surface area contributed by atoms with Crippen LogP contribution in [0.3, 0.4) is 0 Å². The van der Waals surface area contributed by atoms with E-state index < -0.39 is 0 Å². The molecule has 1 aliphatic heterocycles. The predicted octanol–water partition coefficient (Wildman–Crippen LogP) is 11.9. The summed E-state index contributed by atoms with van der Waals surface area (Å²) < 4.78 is 12.3. The lowest BCUT2D eigenvalue weighted by Crippen LogP contribution is -2.46. The highest BCUT2D eigenvalue weighted by molar-refractivity contribution is 8.14. The van der Waals surface area contributed by atoms with Crippen LogP contribution in [0.2, 0.25) is 0 Å². The van der Waals surface area contributed by atoms with Crippen molar-refractivity contribution in [3.05, 3.63) is 193 Å². The first-order valence-electron chi connectivity index (χ1n) is 20.2. The van der Waals surface area contributed by atoms with Crippen molar-refractivity contribution in [1.29, 1.82) is 0 Å². The van der Waals surface area contributed by atoms with E-state index in [4.69, 9.17) is 19.5 Å². The minimum atomic E-state index is 0.506. The average Bonchev–Trinajstić information content (AvgIpc) is 3.29. The molecule has 0 aromatic heterocycles. The van der Waals surface area contributed by atoms with Gasteiger partial charge in [-0.05, 0) is 86.6 Å². The van der Waals surface area contributed by atoms with E-state index in [0.29, 0.717) is 37.9 Å². The fourth-order valence-electron chi connectivity index (χ4n) is 6.61. The minimum absolute atomic E-state index is 0.506. The second kappa shape index (κ2) is 21.5. The van der Waals surface area contributed by atoms with Crippen LogP contribution in [0, 0.1) is 13.8 Å². The summed E-state index contributed by atoms with van der Waals surface area (Å²) in [6.45, 7) is 6.32. The molecule has 306 valence electrons. The molecular weight excluding hydrogens is 781 g/mol. The van der Waals surface area contributed by atoms with E-state index in [1.807, 2.05) is 36.4 Å². The van der Waals surface area contributed by atoms with Crippen molar-refractivity contribution < 1.29 is 9.47 Å². The number of aryl methyl sites for hydroxylation is 2. The minimum Gasteiger partial charge on any atom is -0.378 e. The Bertz CT molecular complexity index is 2160. The smallest absolute Gasteiger partial charge is 0.174 e. The number of hydrogen-bond acceptors (Lipinski definition) is 8. The molecule has 0 spiro atoms. The van der Waals surface area contributed by atoms with Gasteiger partial charge in [0.25, 0.3) is 0 Å². The Morgan fingerprint density at radius 2 is 0.767 bits per heavy atom. The number of thioether (sulfide) groups is 2. The lowest BCUT2D eigenvalue weighted by Gasteiger charge is -2.42. The van der Waals surface area contributed by atoms with Crippen LogP contribution in [-0.2, 0) is 9.47 Å². The third-order valence-electron chi connectivity index (χ3n) is 9.76. The number of hydrogen-bond donors (Lipinski definition) is 0. The van der Waals surface area contributed by atoms with Crippen LogP contribution in [0.4, 0.5) is 34.1 Å². The molecule has 0 amide bonds. The molecule has 0 aliphatic carbocycles. The molecule has 10 heteroatoms. The Balaban J connectivity index is 1.65. The van der Waals surface area contributed by atoms with Gasteiger partial charge in [0.05, 0.1) is 37.8 Å². The third kappa shape index (κ3) is 11.1. The second-order valence-electron chi connectivity index (χ2n) is 14.2. The summed E-state index contributed by atoms with van der Waals surface area (Å²) in [7, 11) is 4.28. The molecule has 0 fully saturated rings. The van der Waals surface area contributed by atoms with E-state index in [1.54, 1.807) is 23.5 Å². The zero-order valence-corrected chi connectivity index (χ0v) is 36.4. The van der Waals surface area contributed by atoms with E-state index in [0.717, 1.165) is 67.2 Å².